The maximum Gasteiger partial charge on any atom is 0.176 e. The number of hydrogen-bond acceptors (Lipinski definition) is 6. The number of nitrogens with one attached hydrogen (secondary N) is 1. The van der Waals surface area contributed by atoms with Gasteiger partial charge >= 0.3 is 0 Å². The summed E-state index contributed by atoms with van der Waals surface area (Å²) in [6, 6.07) is 10.8. The van der Waals surface area contributed by atoms with Crippen LogP contribution in [0.2, 0.25) is 0 Å². The number of fused-ring (bicyclic) bond motifs is 1. The van der Waals surface area contributed by atoms with Crippen LogP contribution in [0.15, 0.2) is 40.8 Å². The minimum Gasteiger partial charge on any atom is -0.354 e. The summed E-state index contributed by atoms with van der Waals surface area (Å²) < 4.78 is 0. The largest absolute Gasteiger partial charge is 0.354 e. The Kier molecular flexibility index (Phi) is 3.98. The maximum atomic E-state index is 9.42. The average Bonchev–Trinajstić information content (AvgIpc) is 2.76. The zero-order valence-electron chi connectivity index (χ0n) is 13.0. The lowest BCUT2D eigenvalue weighted by Gasteiger charge is -2.33. The standard InChI is InChI=1S/C16H20N6/c1-20(2)22-12-18-16(15(11-17)19-22)21-9-7-13-5-3-4-6-14(13)8-10-21/h3-6,12,19H,7-10H2,1-2H3. The molecule has 0 unspecified atom stereocenters. The van der Waals surface area contributed by atoms with E-state index in [1.807, 2.05) is 19.1 Å². The fraction of sp³-hybridized carbons (Fsp3) is 0.375. The molecular formula is C16H20N6. The van der Waals surface area contributed by atoms with Gasteiger partial charge in [-0.3, -0.25) is 5.43 Å². The van der Waals surface area contributed by atoms with Crippen LogP contribution < -0.4 is 5.43 Å². The molecule has 0 radical (unpaired) electrons. The quantitative estimate of drug-likeness (QED) is 0.886. The Bertz CT molecular complexity index is 628. The lowest BCUT2D eigenvalue weighted by molar-refractivity contribution is 0.0708. The number of hydrazine groups is 2. The first-order chi connectivity index (χ1) is 10.7. The highest BCUT2D eigenvalue weighted by Gasteiger charge is 2.22. The monoisotopic (exact) mass is 296 g/mol. The molecule has 2 aliphatic rings. The Hall–Kier alpha value is -2.52. The second kappa shape index (κ2) is 6.08. The molecule has 0 amide bonds. The van der Waals surface area contributed by atoms with E-state index in [0.29, 0.717) is 5.70 Å². The minimum atomic E-state index is 0.488. The topological polar surface area (TPSA) is 57.9 Å². The van der Waals surface area contributed by atoms with E-state index >= 15 is 0 Å². The SMILES string of the molecule is CN(C)N1C=NC(N2CCc3ccccc3CC2)=C(C#N)N1. The Labute approximate surface area is 130 Å². The average molecular weight is 296 g/mol. The second-order valence-electron chi connectivity index (χ2n) is 5.61. The van der Waals surface area contributed by atoms with Crippen LogP contribution in [0.4, 0.5) is 0 Å². The second-order valence-corrected chi connectivity index (χ2v) is 5.61. The molecule has 0 bridgehead atoms. The molecular weight excluding hydrogens is 276 g/mol. The molecule has 1 N–H and O–H groups in total. The van der Waals surface area contributed by atoms with Crippen molar-refractivity contribution in [1.82, 2.24) is 20.5 Å². The summed E-state index contributed by atoms with van der Waals surface area (Å²) in [4.78, 5) is 6.68. The van der Waals surface area contributed by atoms with Crippen molar-refractivity contribution in [3.05, 3.63) is 46.9 Å². The van der Waals surface area contributed by atoms with Crippen molar-refractivity contribution in [3.8, 4) is 6.07 Å². The fourth-order valence-electron chi connectivity index (χ4n) is 2.77. The first-order valence-corrected chi connectivity index (χ1v) is 7.42. The third-order valence-electron chi connectivity index (χ3n) is 4.00. The predicted molar refractivity (Wildman–Crippen MR) is 85.2 cm³/mol. The Morgan fingerprint density at radius 3 is 2.36 bits per heavy atom. The van der Waals surface area contributed by atoms with Gasteiger partial charge < -0.3 is 4.90 Å². The van der Waals surface area contributed by atoms with Crippen LogP contribution in [0.5, 0.6) is 0 Å². The molecule has 3 rings (SSSR count). The smallest absolute Gasteiger partial charge is 0.176 e. The third-order valence-corrected chi connectivity index (χ3v) is 4.00. The van der Waals surface area contributed by atoms with Crippen molar-refractivity contribution < 1.29 is 0 Å². The van der Waals surface area contributed by atoms with Gasteiger partial charge in [0.15, 0.2) is 11.5 Å². The van der Waals surface area contributed by atoms with Crippen LogP contribution in [0.1, 0.15) is 11.1 Å². The molecule has 22 heavy (non-hydrogen) atoms. The van der Waals surface area contributed by atoms with Gasteiger partial charge in [-0.15, -0.1) is 0 Å². The van der Waals surface area contributed by atoms with E-state index < -0.39 is 0 Å². The lowest BCUT2D eigenvalue weighted by Crippen LogP contribution is -2.48. The van der Waals surface area contributed by atoms with Gasteiger partial charge in [0.25, 0.3) is 0 Å². The highest BCUT2D eigenvalue weighted by atomic mass is 15.8. The van der Waals surface area contributed by atoms with Crippen LogP contribution in [0.3, 0.4) is 0 Å². The van der Waals surface area contributed by atoms with Crippen molar-refractivity contribution in [2.45, 2.75) is 12.8 Å². The Balaban J connectivity index is 1.80. The van der Waals surface area contributed by atoms with Gasteiger partial charge in [-0.25, -0.2) is 15.1 Å². The summed E-state index contributed by atoms with van der Waals surface area (Å²) in [5.74, 6) is 0.730. The molecule has 2 heterocycles. The van der Waals surface area contributed by atoms with Crippen LogP contribution >= 0.6 is 0 Å². The molecule has 1 aromatic carbocycles. The first-order valence-electron chi connectivity index (χ1n) is 7.42. The van der Waals surface area contributed by atoms with E-state index in [9.17, 15) is 5.26 Å². The molecule has 0 spiro atoms. The first kappa shape index (κ1) is 14.4. The molecule has 0 atom stereocenters. The summed E-state index contributed by atoms with van der Waals surface area (Å²) in [7, 11) is 3.78. The van der Waals surface area contributed by atoms with Crippen molar-refractivity contribution in [3.63, 3.8) is 0 Å². The summed E-state index contributed by atoms with van der Waals surface area (Å²) in [5, 5.41) is 12.9. The van der Waals surface area contributed by atoms with Crippen molar-refractivity contribution in [2.75, 3.05) is 27.2 Å². The number of benzene rings is 1. The van der Waals surface area contributed by atoms with Crippen molar-refractivity contribution >= 4 is 6.34 Å². The van der Waals surface area contributed by atoms with E-state index in [1.54, 1.807) is 11.5 Å². The van der Waals surface area contributed by atoms with E-state index in [1.165, 1.54) is 11.1 Å². The van der Waals surface area contributed by atoms with Crippen LogP contribution in [-0.4, -0.2) is 48.6 Å². The molecule has 6 heteroatoms. The number of rotatable bonds is 2. The predicted octanol–water partition coefficient (Wildman–Crippen LogP) is 1.10. The Morgan fingerprint density at radius 2 is 1.82 bits per heavy atom. The third kappa shape index (κ3) is 2.76. The van der Waals surface area contributed by atoms with E-state index in [4.69, 9.17) is 0 Å². The van der Waals surface area contributed by atoms with Crippen LogP contribution in [0, 0.1) is 11.3 Å². The fourth-order valence-corrected chi connectivity index (χ4v) is 2.77. The summed E-state index contributed by atoms with van der Waals surface area (Å²) in [6.45, 7) is 1.75. The molecule has 1 aromatic rings. The van der Waals surface area contributed by atoms with Crippen molar-refractivity contribution in [2.24, 2.45) is 4.99 Å². The molecule has 0 aromatic heterocycles. The van der Waals surface area contributed by atoms with Gasteiger partial charge in [-0.1, -0.05) is 24.3 Å². The lowest BCUT2D eigenvalue weighted by atomic mass is 10.0. The molecule has 0 saturated heterocycles. The molecule has 6 nitrogen and oxygen atoms in total. The van der Waals surface area contributed by atoms with Crippen LogP contribution in [-0.2, 0) is 12.8 Å². The van der Waals surface area contributed by atoms with E-state index in [0.717, 1.165) is 31.8 Å². The highest BCUT2D eigenvalue weighted by molar-refractivity contribution is 5.58. The molecule has 0 fully saturated rings. The Morgan fingerprint density at radius 1 is 1.18 bits per heavy atom. The molecule has 114 valence electrons. The van der Waals surface area contributed by atoms with Gasteiger partial charge in [0.1, 0.15) is 12.4 Å². The number of nitriles is 1. The molecule has 2 aliphatic heterocycles. The van der Waals surface area contributed by atoms with Gasteiger partial charge in [0.2, 0.25) is 0 Å². The summed E-state index contributed by atoms with van der Waals surface area (Å²) in [5.41, 5.74) is 6.36. The van der Waals surface area contributed by atoms with Gasteiger partial charge in [-0.05, 0) is 24.0 Å². The highest BCUT2D eigenvalue weighted by Crippen LogP contribution is 2.21. The van der Waals surface area contributed by atoms with Crippen LogP contribution in [0.25, 0.3) is 0 Å². The maximum absolute atomic E-state index is 9.42. The van der Waals surface area contributed by atoms with E-state index in [2.05, 4.69) is 45.7 Å². The van der Waals surface area contributed by atoms with Gasteiger partial charge in [0, 0.05) is 27.2 Å². The summed E-state index contributed by atoms with van der Waals surface area (Å²) >= 11 is 0. The van der Waals surface area contributed by atoms with Gasteiger partial charge in [0.05, 0.1) is 0 Å². The molecule has 0 aliphatic carbocycles. The molecule has 0 saturated carbocycles. The minimum absolute atomic E-state index is 0.488. The zero-order valence-corrected chi connectivity index (χ0v) is 13.0. The van der Waals surface area contributed by atoms with E-state index in [-0.39, 0.29) is 0 Å². The number of aliphatic imine (C=N–C) groups is 1. The number of hydrogen-bond donors (Lipinski definition) is 1. The van der Waals surface area contributed by atoms with Crippen molar-refractivity contribution in [1.29, 1.82) is 5.26 Å². The zero-order chi connectivity index (χ0) is 15.5. The number of allylic oxidation sites excluding steroid dienone is 1. The normalized spacial score (nSPS) is 17.9. The van der Waals surface area contributed by atoms with Gasteiger partial charge in [-0.2, -0.15) is 5.26 Å². The summed E-state index contributed by atoms with van der Waals surface area (Å²) in [6.07, 6.45) is 3.66. The number of nitrogens with zero attached hydrogens (tertiary/aromatic N) is 5.